The van der Waals surface area contributed by atoms with Crippen LogP contribution >= 0.6 is 0 Å². The highest BCUT2D eigenvalue weighted by atomic mass is 16.1. The van der Waals surface area contributed by atoms with Crippen LogP contribution in [-0.4, -0.2) is 29.8 Å². The Morgan fingerprint density at radius 3 is 2.79 bits per heavy atom. The molecule has 0 amide bonds. The predicted molar refractivity (Wildman–Crippen MR) is 98.6 cm³/mol. The first-order chi connectivity index (χ1) is 11.5. The number of fused-ring (bicyclic) bond motifs is 4. The van der Waals surface area contributed by atoms with Gasteiger partial charge in [0.2, 0.25) is 0 Å². The second kappa shape index (κ2) is 5.98. The molecule has 0 N–H and O–H groups in total. The smallest absolute Gasteiger partial charge is 0.180 e. The minimum atomic E-state index is 0.110. The molecule has 24 heavy (non-hydrogen) atoms. The van der Waals surface area contributed by atoms with Crippen LogP contribution in [0.2, 0.25) is 0 Å². The lowest BCUT2D eigenvalue weighted by atomic mass is 9.58. The fourth-order valence-corrected chi connectivity index (χ4v) is 4.99. The highest BCUT2D eigenvalue weighted by Gasteiger charge is 2.52. The topological polar surface area (TPSA) is 20.3 Å². The number of hydrogen-bond acceptors (Lipinski definition) is 2. The molecule has 1 aromatic rings. The molecule has 4 rings (SSSR count). The molecule has 2 fully saturated rings. The number of Topliss-reactive ketones (excluding diaryl/α,β-unsaturated/α-hetero) is 1. The van der Waals surface area contributed by atoms with Crippen LogP contribution in [0, 0.1) is 11.8 Å². The quantitative estimate of drug-likeness (QED) is 0.788. The average Bonchev–Trinajstić information content (AvgIpc) is 3.39. The molecular formula is C22H31NO. The fraction of sp³-hybridized carbons (Fsp3) is 0.682. The lowest BCUT2D eigenvalue weighted by Crippen LogP contribution is -2.61. The summed E-state index contributed by atoms with van der Waals surface area (Å²) in [5.74, 6) is 1.66. The van der Waals surface area contributed by atoms with Gasteiger partial charge in [0.25, 0.3) is 0 Å². The molecule has 0 radical (unpaired) electrons. The van der Waals surface area contributed by atoms with E-state index in [2.05, 4.69) is 43.9 Å². The van der Waals surface area contributed by atoms with Crippen LogP contribution < -0.4 is 0 Å². The fourth-order valence-electron chi connectivity index (χ4n) is 4.99. The number of nitrogens with zero attached hydrogens (tertiary/aromatic N) is 1. The molecule has 1 aromatic carbocycles. The van der Waals surface area contributed by atoms with Crippen molar-refractivity contribution < 1.29 is 4.79 Å². The number of benzene rings is 1. The van der Waals surface area contributed by atoms with Crippen LogP contribution in [-0.2, 0) is 11.8 Å². The second-order valence-electron chi connectivity index (χ2n) is 8.69. The molecule has 2 bridgehead atoms. The molecule has 3 aliphatic rings. The molecule has 1 saturated heterocycles. The number of ketones is 1. The number of carbonyl (C=O) groups is 1. The van der Waals surface area contributed by atoms with Crippen LogP contribution in [0.25, 0.3) is 0 Å². The highest BCUT2D eigenvalue weighted by Crippen LogP contribution is 2.49. The number of unbranched alkanes of at least 4 members (excludes halogenated alkanes) is 1. The number of likely N-dealkylation sites (tertiary alicyclic amines) is 1. The lowest BCUT2D eigenvalue weighted by molar-refractivity contribution is 0.0266. The maximum Gasteiger partial charge on any atom is 0.180 e. The number of rotatable bonds is 5. The maximum atomic E-state index is 13.3. The first-order valence-corrected chi connectivity index (χ1v) is 9.96. The first-order valence-electron chi connectivity index (χ1n) is 9.96. The van der Waals surface area contributed by atoms with E-state index in [0.29, 0.717) is 11.7 Å². The SMILES string of the molecule is CCCCc1ccc2c(c1)[C@]1(C)CCN(CC3CC3)[C@H](C2=O)[C@@H]1C. The summed E-state index contributed by atoms with van der Waals surface area (Å²) < 4.78 is 0. The van der Waals surface area contributed by atoms with Crippen molar-refractivity contribution in [3.05, 3.63) is 34.9 Å². The zero-order chi connectivity index (χ0) is 16.9. The van der Waals surface area contributed by atoms with Crippen molar-refractivity contribution in [3.63, 3.8) is 0 Å². The monoisotopic (exact) mass is 325 g/mol. The van der Waals surface area contributed by atoms with Gasteiger partial charge in [0, 0.05) is 12.1 Å². The van der Waals surface area contributed by atoms with Gasteiger partial charge in [-0.15, -0.1) is 0 Å². The normalized spacial score (nSPS) is 32.7. The zero-order valence-corrected chi connectivity index (χ0v) is 15.5. The third-order valence-electron chi connectivity index (χ3n) is 7.03. The lowest BCUT2D eigenvalue weighted by Gasteiger charge is -2.53. The van der Waals surface area contributed by atoms with Gasteiger partial charge in [-0.2, -0.15) is 0 Å². The summed E-state index contributed by atoms with van der Waals surface area (Å²) in [7, 11) is 0. The Morgan fingerprint density at radius 2 is 2.08 bits per heavy atom. The minimum Gasteiger partial charge on any atom is -0.293 e. The maximum absolute atomic E-state index is 13.3. The predicted octanol–water partition coefficient (Wildman–Crippen LogP) is 4.60. The molecule has 0 unspecified atom stereocenters. The molecule has 2 nitrogen and oxygen atoms in total. The summed E-state index contributed by atoms with van der Waals surface area (Å²) in [4.78, 5) is 15.8. The zero-order valence-electron chi connectivity index (χ0n) is 15.5. The third-order valence-corrected chi connectivity index (χ3v) is 7.03. The Hall–Kier alpha value is -1.15. The number of hydrogen-bond donors (Lipinski definition) is 0. The van der Waals surface area contributed by atoms with Gasteiger partial charge in [-0.1, -0.05) is 45.4 Å². The molecule has 1 saturated carbocycles. The summed E-state index contributed by atoms with van der Waals surface area (Å²) in [5, 5.41) is 0. The van der Waals surface area contributed by atoms with Crippen LogP contribution in [0.5, 0.6) is 0 Å². The first kappa shape index (κ1) is 16.3. The van der Waals surface area contributed by atoms with Crippen LogP contribution in [0.1, 0.15) is 74.4 Å². The van der Waals surface area contributed by atoms with Crippen molar-refractivity contribution in [2.24, 2.45) is 11.8 Å². The summed E-state index contributed by atoms with van der Waals surface area (Å²) in [6, 6.07) is 6.82. The summed E-state index contributed by atoms with van der Waals surface area (Å²) in [6.45, 7) is 9.20. The van der Waals surface area contributed by atoms with Gasteiger partial charge >= 0.3 is 0 Å². The Balaban J connectivity index is 1.70. The van der Waals surface area contributed by atoms with E-state index >= 15 is 0 Å². The Kier molecular flexibility index (Phi) is 4.07. The number of piperidine rings is 1. The van der Waals surface area contributed by atoms with E-state index in [-0.39, 0.29) is 11.5 Å². The van der Waals surface area contributed by atoms with Gasteiger partial charge in [0.05, 0.1) is 6.04 Å². The number of carbonyl (C=O) groups excluding carboxylic acids is 1. The van der Waals surface area contributed by atoms with Crippen molar-refractivity contribution in [2.45, 2.75) is 70.8 Å². The standard InChI is InChI=1S/C22H31NO/c1-4-5-6-16-9-10-18-19(13-16)22(3)11-12-23(14-17-7-8-17)20(15(22)2)21(18)24/h9-10,13,15,17,20H,4-8,11-12,14H2,1-3H3/t15-,20-,22+/m0/s1. The molecule has 0 aromatic heterocycles. The van der Waals surface area contributed by atoms with Crippen LogP contribution in [0.15, 0.2) is 18.2 Å². The van der Waals surface area contributed by atoms with Crippen molar-refractivity contribution >= 4 is 5.78 Å². The largest absolute Gasteiger partial charge is 0.293 e. The van der Waals surface area contributed by atoms with Crippen molar-refractivity contribution in [2.75, 3.05) is 13.1 Å². The molecular weight excluding hydrogens is 294 g/mol. The molecule has 3 atom stereocenters. The molecule has 2 heteroatoms. The Labute approximate surface area is 146 Å². The average molecular weight is 325 g/mol. The molecule has 1 heterocycles. The molecule has 1 aliphatic heterocycles. The van der Waals surface area contributed by atoms with E-state index in [1.165, 1.54) is 43.2 Å². The molecule has 0 spiro atoms. The van der Waals surface area contributed by atoms with Gasteiger partial charge in [-0.25, -0.2) is 0 Å². The van der Waals surface area contributed by atoms with E-state index in [1.54, 1.807) is 0 Å². The summed E-state index contributed by atoms with van der Waals surface area (Å²) in [6.07, 6.45) is 7.51. The minimum absolute atomic E-state index is 0.110. The second-order valence-corrected chi connectivity index (χ2v) is 8.69. The van der Waals surface area contributed by atoms with Gasteiger partial charge in [0.1, 0.15) is 0 Å². The third kappa shape index (κ3) is 2.54. The Morgan fingerprint density at radius 1 is 1.29 bits per heavy atom. The molecule has 130 valence electrons. The van der Waals surface area contributed by atoms with Crippen molar-refractivity contribution in [1.82, 2.24) is 4.90 Å². The molecule has 2 aliphatic carbocycles. The van der Waals surface area contributed by atoms with Gasteiger partial charge in [-0.3, -0.25) is 9.69 Å². The summed E-state index contributed by atoms with van der Waals surface area (Å²) >= 11 is 0. The van der Waals surface area contributed by atoms with E-state index in [0.717, 1.165) is 31.0 Å². The van der Waals surface area contributed by atoms with Gasteiger partial charge in [0.15, 0.2) is 5.78 Å². The van der Waals surface area contributed by atoms with Crippen molar-refractivity contribution in [1.29, 1.82) is 0 Å². The van der Waals surface area contributed by atoms with Crippen LogP contribution in [0.4, 0.5) is 0 Å². The van der Waals surface area contributed by atoms with E-state index in [1.807, 2.05) is 0 Å². The Bertz CT molecular complexity index is 647. The van der Waals surface area contributed by atoms with E-state index in [9.17, 15) is 4.79 Å². The number of aryl methyl sites for hydroxylation is 1. The van der Waals surface area contributed by atoms with E-state index in [4.69, 9.17) is 0 Å². The van der Waals surface area contributed by atoms with Gasteiger partial charge < -0.3 is 0 Å². The summed E-state index contributed by atoms with van der Waals surface area (Å²) in [5.41, 5.74) is 3.93. The highest BCUT2D eigenvalue weighted by molar-refractivity contribution is 6.03. The van der Waals surface area contributed by atoms with Crippen molar-refractivity contribution in [3.8, 4) is 0 Å². The van der Waals surface area contributed by atoms with Crippen LogP contribution in [0.3, 0.4) is 0 Å². The van der Waals surface area contributed by atoms with E-state index < -0.39 is 0 Å². The van der Waals surface area contributed by atoms with Gasteiger partial charge in [-0.05, 0) is 67.0 Å².